The minimum absolute atomic E-state index is 0.207. The summed E-state index contributed by atoms with van der Waals surface area (Å²) in [5, 5.41) is 0. The van der Waals surface area contributed by atoms with Gasteiger partial charge in [-0.1, -0.05) is 44.2 Å². The average molecular weight is 436 g/mol. The van der Waals surface area contributed by atoms with Crippen LogP contribution in [0.3, 0.4) is 0 Å². The monoisotopic (exact) mass is 435 g/mol. The summed E-state index contributed by atoms with van der Waals surface area (Å²) in [4.78, 5) is 43.3. The molecule has 3 amide bonds. The van der Waals surface area contributed by atoms with Crippen LogP contribution in [0.1, 0.15) is 61.9 Å². The van der Waals surface area contributed by atoms with Gasteiger partial charge in [-0.05, 0) is 48.2 Å². The second kappa shape index (κ2) is 8.59. The van der Waals surface area contributed by atoms with Crippen molar-refractivity contribution in [3.05, 3.63) is 58.4 Å². The molecule has 0 bridgehead atoms. The first-order chi connectivity index (χ1) is 14.9. The van der Waals surface area contributed by atoms with Crippen LogP contribution >= 0.6 is 11.3 Å². The molecule has 0 radical (unpaired) electrons. The number of carbonyl (C=O) groups excluding carboxylic acids is 3. The molecular formula is C24H25N3O3S. The summed E-state index contributed by atoms with van der Waals surface area (Å²) in [5.74, 6) is -0.441. The van der Waals surface area contributed by atoms with E-state index in [-0.39, 0.29) is 30.6 Å². The van der Waals surface area contributed by atoms with Crippen molar-refractivity contribution in [2.24, 2.45) is 4.99 Å². The van der Waals surface area contributed by atoms with Crippen LogP contribution in [0.2, 0.25) is 0 Å². The maximum Gasteiger partial charge on any atom is 0.279 e. The van der Waals surface area contributed by atoms with Crippen molar-refractivity contribution < 1.29 is 14.4 Å². The zero-order valence-electron chi connectivity index (χ0n) is 17.9. The topological polar surface area (TPSA) is 71.7 Å². The molecule has 1 saturated heterocycles. The van der Waals surface area contributed by atoms with Gasteiger partial charge in [-0.25, -0.2) is 0 Å². The van der Waals surface area contributed by atoms with Gasteiger partial charge in [0.2, 0.25) is 11.8 Å². The molecule has 3 aromatic rings. The molecule has 0 saturated carbocycles. The molecule has 6 nitrogen and oxygen atoms in total. The quantitative estimate of drug-likeness (QED) is 0.549. The van der Waals surface area contributed by atoms with E-state index >= 15 is 0 Å². The van der Waals surface area contributed by atoms with E-state index in [2.05, 4.69) is 48.5 Å². The number of hydrogen-bond acceptors (Lipinski definition) is 4. The van der Waals surface area contributed by atoms with Crippen molar-refractivity contribution in [2.45, 2.75) is 52.5 Å². The maximum absolute atomic E-state index is 13.0. The van der Waals surface area contributed by atoms with Gasteiger partial charge < -0.3 is 4.57 Å². The third-order valence-electron chi connectivity index (χ3n) is 5.42. The highest BCUT2D eigenvalue weighted by molar-refractivity contribution is 7.16. The molecule has 0 atom stereocenters. The standard InChI is InChI=1S/C24H25N3O3S/c1-4-12-26-19-9-8-16(15(2)3)14-20(19)31-24(26)25-23(30)17-6-5-7-18(13-17)27-21(28)10-11-22(27)29/h5-9,13-15H,4,10-12H2,1-3H3. The summed E-state index contributed by atoms with van der Waals surface area (Å²) in [7, 11) is 0. The van der Waals surface area contributed by atoms with Gasteiger partial charge in [-0.3, -0.25) is 19.3 Å². The normalized spacial score (nSPS) is 15.0. The largest absolute Gasteiger partial charge is 0.316 e. The van der Waals surface area contributed by atoms with Crippen LogP contribution in [-0.4, -0.2) is 22.3 Å². The summed E-state index contributed by atoms with van der Waals surface area (Å²) >= 11 is 1.51. The van der Waals surface area contributed by atoms with Crippen LogP contribution in [0, 0.1) is 0 Å². The van der Waals surface area contributed by atoms with Crippen LogP contribution < -0.4 is 9.70 Å². The number of imide groups is 1. The Labute approximate surface area is 184 Å². The van der Waals surface area contributed by atoms with Crippen LogP contribution in [0.5, 0.6) is 0 Å². The zero-order valence-corrected chi connectivity index (χ0v) is 18.7. The first-order valence-corrected chi connectivity index (χ1v) is 11.4. The molecule has 2 heterocycles. The van der Waals surface area contributed by atoms with E-state index in [0.717, 1.165) is 28.1 Å². The average Bonchev–Trinajstić information content (AvgIpc) is 3.27. The molecule has 1 aliphatic heterocycles. The summed E-state index contributed by atoms with van der Waals surface area (Å²) < 4.78 is 3.19. The Hall–Kier alpha value is -3.06. The molecule has 0 N–H and O–H groups in total. The van der Waals surface area contributed by atoms with Crippen LogP contribution in [0.15, 0.2) is 47.5 Å². The van der Waals surface area contributed by atoms with Crippen molar-refractivity contribution in [1.82, 2.24) is 4.57 Å². The van der Waals surface area contributed by atoms with E-state index in [4.69, 9.17) is 0 Å². The molecule has 7 heteroatoms. The molecule has 0 unspecified atom stereocenters. The number of carbonyl (C=O) groups is 3. The summed E-state index contributed by atoms with van der Waals surface area (Å²) in [6, 6.07) is 13.0. The molecular weight excluding hydrogens is 410 g/mol. The Balaban J connectivity index is 1.75. The van der Waals surface area contributed by atoms with E-state index in [0.29, 0.717) is 22.0 Å². The van der Waals surface area contributed by atoms with Crippen molar-refractivity contribution >= 4 is 45.0 Å². The Morgan fingerprint density at radius 3 is 2.52 bits per heavy atom. The zero-order chi connectivity index (χ0) is 22.1. The number of fused-ring (bicyclic) bond motifs is 1. The summed E-state index contributed by atoms with van der Waals surface area (Å²) in [5.41, 5.74) is 3.11. The molecule has 1 aliphatic rings. The van der Waals surface area contributed by atoms with Crippen LogP contribution in [-0.2, 0) is 16.1 Å². The number of amides is 3. The van der Waals surface area contributed by atoms with Crippen molar-refractivity contribution in [3.8, 4) is 0 Å². The number of nitrogens with zero attached hydrogens (tertiary/aromatic N) is 3. The lowest BCUT2D eigenvalue weighted by Crippen LogP contribution is -2.28. The van der Waals surface area contributed by atoms with Gasteiger partial charge in [-0.2, -0.15) is 4.99 Å². The molecule has 0 spiro atoms. The second-order valence-electron chi connectivity index (χ2n) is 8.01. The van der Waals surface area contributed by atoms with E-state index in [1.165, 1.54) is 16.9 Å². The number of thiazole rings is 1. The highest BCUT2D eigenvalue weighted by atomic mass is 32.1. The van der Waals surface area contributed by atoms with Crippen molar-refractivity contribution in [2.75, 3.05) is 4.90 Å². The van der Waals surface area contributed by atoms with E-state index in [1.807, 2.05) is 0 Å². The Morgan fingerprint density at radius 2 is 1.84 bits per heavy atom. The fraction of sp³-hybridized carbons (Fsp3) is 0.333. The highest BCUT2D eigenvalue weighted by Crippen LogP contribution is 2.25. The highest BCUT2D eigenvalue weighted by Gasteiger charge is 2.30. The molecule has 160 valence electrons. The number of rotatable bonds is 5. The lowest BCUT2D eigenvalue weighted by atomic mass is 10.0. The van der Waals surface area contributed by atoms with Gasteiger partial charge >= 0.3 is 0 Å². The fourth-order valence-electron chi connectivity index (χ4n) is 3.77. The third-order valence-corrected chi connectivity index (χ3v) is 6.46. The molecule has 1 fully saturated rings. The summed E-state index contributed by atoms with van der Waals surface area (Å²) in [6.07, 6.45) is 1.34. The number of hydrogen-bond donors (Lipinski definition) is 0. The maximum atomic E-state index is 13.0. The number of anilines is 1. The van der Waals surface area contributed by atoms with Gasteiger partial charge in [0.05, 0.1) is 15.9 Å². The lowest BCUT2D eigenvalue weighted by Gasteiger charge is -2.14. The van der Waals surface area contributed by atoms with Crippen molar-refractivity contribution in [1.29, 1.82) is 0 Å². The predicted molar refractivity (Wildman–Crippen MR) is 122 cm³/mol. The van der Waals surface area contributed by atoms with Gasteiger partial charge in [0.1, 0.15) is 0 Å². The smallest absolute Gasteiger partial charge is 0.279 e. The SMILES string of the molecule is CCCn1c(=NC(=O)c2cccc(N3C(=O)CCC3=O)c2)sc2cc(C(C)C)ccc21. The van der Waals surface area contributed by atoms with E-state index in [9.17, 15) is 14.4 Å². The fourth-order valence-corrected chi connectivity index (χ4v) is 4.87. The van der Waals surface area contributed by atoms with Gasteiger partial charge in [0.25, 0.3) is 5.91 Å². The van der Waals surface area contributed by atoms with Crippen molar-refractivity contribution in [3.63, 3.8) is 0 Å². The Bertz CT molecular complexity index is 1240. The predicted octanol–water partition coefficient (Wildman–Crippen LogP) is 4.63. The van der Waals surface area contributed by atoms with Crippen LogP contribution in [0.25, 0.3) is 10.2 Å². The molecule has 4 rings (SSSR count). The first-order valence-electron chi connectivity index (χ1n) is 10.6. The molecule has 0 aliphatic carbocycles. The minimum Gasteiger partial charge on any atom is -0.316 e. The second-order valence-corrected chi connectivity index (χ2v) is 9.02. The Morgan fingerprint density at radius 1 is 1.10 bits per heavy atom. The van der Waals surface area contributed by atoms with E-state index in [1.54, 1.807) is 24.3 Å². The van der Waals surface area contributed by atoms with Crippen LogP contribution in [0.4, 0.5) is 5.69 Å². The van der Waals surface area contributed by atoms with E-state index < -0.39 is 0 Å². The van der Waals surface area contributed by atoms with Gasteiger partial charge in [0.15, 0.2) is 4.80 Å². The molecule has 1 aromatic heterocycles. The minimum atomic E-state index is -0.388. The molecule has 31 heavy (non-hydrogen) atoms. The molecule has 2 aromatic carbocycles. The number of aryl methyl sites for hydroxylation is 1. The number of aromatic nitrogens is 1. The van der Waals surface area contributed by atoms with Gasteiger partial charge in [0, 0.05) is 24.9 Å². The number of benzene rings is 2. The Kier molecular flexibility index (Phi) is 5.87. The lowest BCUT2D eigenvalue weighted by molar-refractivity contribution is -0.121. The summed E-state index contributed by atoms with van der Waals surface area (Å²) in [6.45, 7) is 7.18. The van der Waals surface area contributed by atoms with Gasteiger partial charge in [-0.15, -0.1) is 0 Å². The third kappa shape index (κ3) is 4.10. The first kappa shape index (κ1) is 21.2.